The summed E-state index contributed by atoms with van der Waals surface area (Å²) in [7, 11) is 1.57. The van der Waals surface area contributed by atoms with E-state index in [1.807, 2.05) is 31.4 Å². The second kappa shape index (κ2) is 10.3. The van der Waals surface area contributed by atoms with Gasteiger partial charge in [-0.05, 0) is 49.2 Å². The molecule has 0 saturated heterocycles. The average Bonchev–Trinajstić information content (AvgIpc) is 3.16. The van der Waals surface area contributed by atoms with E-state index in [1.54, 1.807) is 24.1 Å². The van der Waals surface area contributed by atoms with Crippen LogP contribution in [0, 0.1) is 19.7 Å². The third-order valence-corrected chi connectivity index (χ3v) is 5.34. The lowest BCUT2D eigenvalue weighted by Gasteiger charge is -2.21. The highest BCUT2D eigenvalue weighted by atomic mass is 32.1. The highest BCUT2D eigenvalue weighted by Gasteiger charge is 2.20. The average molecular weight is 429 g/mol. The molecule has 0 atom stereocenters. The number of aryl methyl sites for hydroxylation is 2. The molecule has 1 aromatic heterocycles. The molecule has 0 bridgehead atoms. The van der Waals surface area contributed by atoms with Crippen LogP contribution in [0.25, 0.3) is 0 Å². The van der Waals surface area contributed by atoms with Gasteiger partial charge in [-0.3, -0.25) is 4.79 Å². The first-order valence-corrected chi connectivity index (χ1v) is 10.5. The van der Waals surface area contributed by atoms with E-state index in [4.69, 9.17) is 9.47 Å². The maximum atomic E-state index is 14.1. The van der Waals surface area contributed by atoms with Crippen molar-refractivity contribution in [1.82, 2.24) is 9.88 Å². The van der Waals surface area contributed by atoms with Gasteiger partial charge >= 0.3 is 0 Å². The molecule has 3 aromatic rings. The van der Waals surface area contributed by atoms with Crippen LogP contribution in [0.15, 0.2) is 47.8 Å². The molecule has 158 valence electrons. The van der Waals surface area contributed by atoms with Gasteiger partial charge in [-0.2, -0.15) is 0 Å². The maximum absolute atomic E-state index is 14.1. The van der Waals surface area contributed by atoms with Gasteiger partial charge < -0.3 is 14.4 Å². The molecule has 30 heavy (non-hydrogen) atoms. The van der Waals surface area contributed by atoms with E-state index >= 15 is 0 Å². The lowest BCUT2D eigenvalue weighted by Crippen LogP contribution is -2.34. The molecule has 0 saturated carbocycles. The monoisotopic (exact) mass is 428 g/mol. The Kier molecular flexibility index (Phi) is 7.54. The van der Waals surface area contributed by atoms with Gasteiger partial charge in [-0.25, -0.2) is 9.37 Å². The molecule has 0 radical (unpaired) electrons. The van der Waals surface area contributed by atoms with Gasteiger partial charge in [0.05, 0.1) is 24.4 Å². The quantitative estimate of drug-likeness (QED) is 0.493. The van der Waals surface area contributed by atoms with Crippen LogP contribution in [0.5, 0.6) is 5.75 Å². The molecule has 5 nitrogen and oxygen atoms in total. The number of carbonyl (C=O) groups is 1. The summed E-state index contributed by atoms with van der Waals surface area (Å²) in [6.45, 7) is 5.39. The van der Waals surface area contributed by atoms with Crippen molar-refractivity contribution in [3.63, 3.8) is 0 Å². The molecule has 0 aliphatic heterocycles. The van der Waals surface area contributed by atoms with Crippen LogP contribution in [-0.2, 0) is 17.9 Å². The van der Waals surface area contributed by atoms with E-state index in [-0.39, 0.29) is 18.0 Å². The number of amides is 1. The van der Waals surface area contributed by atoms with Crippen LogP contribution >= 0.6 is 11.3 Å². The summed E-state index contributed by atoms with van der Waals surface area (Å²) in [6, 6.07) is 12.1. The van der Waals surface area contributed by atoms with E-state index in [0.717, 1.165) is 27.6 Å². The summed E-state index contributed by atoms with van der Waals surface area (Å²) >= 11 is 1.47. The first kappa shape index (κ1) is 21.9. The summed E-state index contributed by atoms with van der Waals surface area (Å²) in [5.74, 6) is -0.113. The van der Waals surface area contributed by atoms with Gasteiger partial charge in [0, 0.05) is 19.0 Å². The molecule has 7 heteroatoms. The van der Waals surface area contributed by atoms with E-state index < -0.39 is 5.82 Å². The molecule has 0 unspecified atom stereocenters. The molecule has 1 heterocycles. The number of thiazole rings is 1. The number of carbonyl (C=O) groups excluding carboxylic acids is 1. The molecule has 1 amide bonds. The smallest absolute Gasteiger partial charge is 0.257 e. The van der Waals surface area contributed by atoms with Crippen LogP contribution in [0.1, 0.15) is 32.2 Å². The molecule has 2 aromatic carbocycles. The van der Waals surface area contributed by atoms with Crippen molar-refractivity contribution in [2.24, 2.45) is 0 Å². The molecule has 3 rings (SSSR count). The number of aromatic nitrogens is 1. The number of hydrogen-bond acceptors (Lipinski definition) is 5. The topological polar surface area (TPSA) is 51.7 Å². The minimum absolute atomic E-state index is 0.0437. The van der Waals surface area contributed by atoms with Gasteiger partial charge in [0.2, 0.25) is 0 Å². The van der Waals surface area contributed by atoms with Gasteiger partial charge in [-0.15, -0.1) is 11.3 Å². The zero-order valence-electron chi connectivity index (χ0n) is 17.4. The molecule has 0 aliphatic carbocycles. The third kappa shape index (κ3) is 5.87. The van der Waals surface area contributed by atoms with Crippen molar-refractivity contribution in [3.05, 3.63) is 81.1 Å². The normalized spacial score (nSPS) is 10.8. The summed E-state index contributed by atoms with van der Waals surface area (Å²) in [5, 5.41) is 2.71. The molecular formula is C23H25FN2O3S. The second-order valence-corrected chi connectivity index (χ2v) is 7.99. The van der Waals surface area contributed by atoms with Crippen LogP contribution in [0.3, 0.4) is 0 Å². The highest BCUT2D eigenvalue weighted by Crippen LogP contribution is 2.20. The van der Waals surface area contributed by atoms with Crippen molar-refractivity contribution >= 4 is 17.2 Å². The van der Waals surface area contributed by atoms with E-state index in [1.165, 1.54) is 23.5 Å². The zero-order chi connectivity index (χ0) is 21.5. The summed E-state index contributed by atoms with van der Waals surface area (Å²) < 4.78 is 25.1. The minimum atomic E-state index is -0.536. The van der Waals surface area contributed by atoms with Crippen molar-refractivity contribution in [2.45, 2.75) is 27.0 Å². The lowest BCUT2D eigenvalue weighted by atomic mass is 10.1. The second-order valence-electron chi connectivity index (χ2n) is 7.04. The Labute approximate surface area is 180 Å². The number of rotatable bonds is 9. The Bertz CT molecular complexity index is 985. The first-order valence-electron chi connectivity index (χ1n) is 9.63. The molecule has 0 aliphatic rings. The lowest BCUT2D eigenvalue weighted by molar-refractivity contribution is 0.0673. The fraction of sp³-hybridized carbons (Fsp3) is 0.304. The molecular weight excluding hydrogens is 403 g/mol. The number of nitrogens with zero attached hydrogens (tertiary/aromatic N) is 2. The number of methoxy groups -OCH3 is 1. The summed E-state index contributed by atoms with van der Waals surface area (Å²) in [4.78, 5) is 19.0. The van der Waals surface area contributed by atoms with Gasteiger partial charge in [0.15, 0.2) is 0 Å². The number of halogens is 1. The zero-order valence-corrected chi connectivity index (χ0v) is 18.2. The van der Waals surface area contributed by atoms with Gasteiger partial charge in [0.25, 0.3) is 5.91 Å². The summed E-state index contributed by atoms with van der Waals surface area (Å²) in [6.07, 6.45) is 0. The van der Waals surface area contributed by atoms with Crippen molar-refractivity contribution < 1.29 is 18.7 Å². The standard InChI is InChI=1S/C23H25FN2O3S/c1-16-10-17(2)12-19(11-16)29-14-22-25-18(15-30-22)13-26(8-9-28-3)23(27)20-6-4-5-7-21(20)24/h4-7,10-12,15H,8-9,13-14H2,1-3H3. The fourth-order valence-electron chi connectivity index (χ4n) is 3.10. The highest BCUT2D eigenvalue weighted by molar-refractivity contribution is 7.09. The first-order chi connectivity index (χ1) is 14.5. The van der Waals surface area contributed by atoms with Crippen molar-refractivity contribution in [3.8, 4) is 5.75 Å². The van der Waals surface area contributed by atoms with E-state index in [9.17, 15) is 9.18 Å². The van der Waals surface area contributed by atoms with Crippen LogP contribution < -0.4 is 4.74 Å². The molecule has 0 fully saturated rings. The van der Waals surface area contributed by atoms with E-state index in [2.05, 4.69) is 11.1 Å². The number of ether oxygens (including phenoxy) is 2. The summed E-state index contributed by atoms with van der Waals surface area (Å²) in [5.41, 5.74) is 3.07. The SMILES string of the molecule is COCCN(Cc1csc(COc2cc(C)cc(C)c2)n1)C(=O)c1ccccc1F. The van der Waals surface area contributed by atoms with Crippen LogP contribution in [0.2, 0.25) is 0 Å². The Hall–Kier alpha value is -2.77. The van der Waals surface area contributed by atoms with Crippen LogP contribution in [0.4, 0.5) is 4.39 Å². The predicted octanol–water partition coefficient (Wildman–Crippen LogP) is 4.77. The predicted molar refractivity (Wildman–Crippen MR) is 115 cm³/mol. The van der Waals surface area contributed by atoms with Crippen molar-refractivity contribution in [1.29, 1.82) is 0 Å². The number of hydrogen-bond donors (Lipinski definition) is 0. The van der Waals surface area contributed by atoms with E-state index in [0.29, 0.717) is 19.8 Å². The van der Waals surface area contributed by atoms with Crippen LogP contribution in [-0.4, -0.2) is 36.1 Å². The maximum Gasteiger partial charge on any atom is 0.257 e. The fourth-order valence-corrected chi connectivity index (χ4v) is 3.80. The Balaban J connectivity index is 1.67. The van der Waals surface area contributed by atoms with Crippen molar-refractivity contribution in [2.75, 3.05) is 20.3 Å². The largest absolute Gasteiger partial charge is 0.486 e. The number of benzene rings is 2. The van der Waals surface area contributed by atoms with Gasteiger partial charge in [-0.1, -0.05) is 18.2 Å². The Morgan fingerprint density at radius 3 is 2.60 bits per heavy atom. The van der Waals surface area contributed by atoms with Gasteiger partial charge in [0.1, 0.15) is 23.2 Å². The molecule has 0 spiro atoms. The minimum Gasteiger partial charge on any atom is -0.486 e. The third-order valence-electron chi connectivity index (χ3n) is 4.47. The Morgan fingerprint density at radius 1 is 1.17 bits per heavy atom. The Morgan fingerprint density at radius 2 is 1.90 bits per heavy atom. The molecule has 0 N–H and O–H groups in total.